The lowest BCUT2D eigenvalue weighted by Crippen LogP contribution is -2.49. The number of aryl methyl sites for hydroxylation is 2. The summed E-state index contributed by atoms with van der Waals surface area (Å²) >= 11 is 0. The lowest BCUT2D eigenvalue weighted by Gasteiger charge is -2.34. The van der Waals surface area contributed by atoms with E-state index in [0.717, 1.165) is 16.0 Å². The second-order valence-electron chi connectivity index (χ2n) is 10.8. The molecule has 220 valence electrons. The molecule has 4 aliphatic rings. The van der Waals surface area contributed by atoms with E-state index in [-0.39, 0.29) is 42.6 Å². The third kappa shape index (κ3) is 5.93. The van der Waals surface area contributed by atoms with Crippen molar-refractivity contribution in [3.8, 4) is 0 Å². The number of hydrogen-bond acceptors (Lipinski definition) is 5. The highest BCUT2D eigenvalue weighted by Crippen LogP contribution is 2.41. The predicted octanol–water partition coefficient (Wildman–Crippen LogP) is 2.16. The van der Waals surface area contributed by atoms with Crippen LogP contribution in [0.15, 0.2) is 23.2 Å². The lowest BCUT2D eigenvalue weighted by atomic mass is 9.81. The molecule has 4 N–H and O–H groups in total. The van der Waals surface area contributed by atoms with Crippen molar-refractivity contribution in [3.63, 3.8) is 0 Å². The Morgan fingerprint density at radius 1 is 1.10 bits per heavy atom. The Bertz CT molecular complexity index is 1210. The normalized spacial score (nSPS) is 25.9. The summed E-state index contributed by atoms with van der Waals surface area (Å²) in [4.78, 5) is 42.6. The molecule has 3 fully saturated rings. The summed E-state index contributed by atoms with van der Waals surface area (Å²) in [6, 6.07) is 4.88. The van der Waals surface area contributed by atoms with Crippen molar-refractivity contribution < 1.29 is 37.2 Å². The summed E-state index contributed by atoms with van der Waals surface area (Å²) in [6.07, 6.45) is -1.99. The highest BCUT2D eigenvalue weighted by atomic mass is 32.2. The van der Waals surface area contributed by atoms with Crippen LogP contribution in [0.2, 0.25) is 0 Å². The van der Waals surface area contributed by atoms with E-state index in [4.69, 9.17) is 4.99 Å². The molecule has 40 heavy (non-hydrogen) atoms. The van der Waals surface area contributed by atoms with Crippen molar-refractivity contribution in [1.82, 2.24) is 14.9 Å². The first-order valence-electron chi connectivity index (χ1n) is 13.3. The molecule has 1 aromatic rings. The summed E-state index contributed by atoms with van der Waals surface area (Å²) in [5.74, 6) is -1.05. The molecule has 0 radical (unpaired) electrons. The van der Waals surface area contributed by atoms with Crippen LogP contribution in [0.5, 0.6) is 0 Å². The first-order valence-corrected chi connectivity index (χ1v) is 14.6. The van der Waals surface area contributed by atoms with Crippen LogP contribution in [0.25, 0.3) is 0 Å². The van der Waals surface area contributed by atoms with Gasteiger partial charge < -0.3 is 16.1 Å². The quantitative estimate of drug-likeness (QED) is 0.494. The molecule has 14 heteroatoms. The number of alkyl halides is 3. The van der Waals surface area contributed by atoms with Crippen molar-refractivity contribution in [2.75, 3.05) is 30.3 Å². The third-order valence-corrected chi connectivity index (χ3v) is 9.88. The Balaban J connectivity index is 0.00000370. The highest BCUT2D eigenvalue weighted by molar-refractivity contribution is 7.82. The number of aliphatic imine (C=N–C) groups is 1. The Morgan fingerprint density at radius 2 is 1.77 bits per heavy atom. The van der Waals surface area contributed by atoms with E-state index in [1.165, 1.54) is 0 Å². The predicted molar refractivity (Wildman–Crippen MR) is 143 cm³/mol. The first-order chi connectivity index (χ1) is 18.5. The fourth-order valence-corrected chi connectivity index (χ4v) is 7.18. The van der Waals surface area contributed by atoms with E-state index in [1.54, 1.807) is 12.1 Å². The molecule has 3 aliphatic heterocycles. The largest absolute Gasteiger partial charge is 0.412 e. The molecule has 0 bridgehead atoms. The van der Waals surface area contributed by atoms with Crippen molar-refractivity contribution in [2.45, 2.75) is 63.6 Å². The summed E-state index contributed by atoms with van der Waals surface area (Å²) in [6.45, 7) is 2.73. The van der Waals surface area contributed by atoms with Gasteiger partial charge in [-0.05, 0) is 75.1 Å². The van der Waals surface area contributed by atoms with Gasteiger partial charge in [0.15, 0.2) is 0 Å². The maximum Gasteiger partial charge on any atom is 0.391 e. The maximum absolute atomic E-state index is 13.1. The number of benzene rings is 1. The zero-order valence-electron chi connectivity index (χ0n) is 22.2. The van der Waals surface area contributed by atoms with Crippen LogP contribution < -0.4 is 15.5 Å². The van der Waals surface area contributed by atoms with Crippen molar-refractivity contribution in [2.24, 2.45) is 16.8 Å². The number of amidine groups is 1. The number of imide groups is 1. The van der Waals surface area contributed by atoms with Crippen molar-refractivity contribution in [3.05, 3.63) is 29.3 Å². The number of nitrogens with one attached hydrogen (secondary N) is 2. The second-order valence-corrected chi connectivity index (χ2v) is 12.3. The number of rotatable bonds is 6. The topological polar surface area (TPSA) is 143 Å². The number of halogens is 3. The summed E-state index contributed by atoms with van der Waals surface area (Å²) < 4.78 is 53.9. The molecule has 5 rings (SSSR count). The van der Waals surface area contributed by atoms with Gasteiger partial charge in [0.25, 0.3) is 11.8 Å². The van der Waals surface area contributed by atoms with Gasteiger partial charge >= 0.3 is 12.2 Å². The zero-order valence-corrected chi connectivity index (χ0v) is 23.0. The van der Waals surface area contributed by atoms with E-state index in [2.05, 4.69) is 10.6 Å². The molecular weight excluding hydrogens is 551 g/mol. The Hall–Kier alpha value is -2.84. The molecule has 0 aromatic heterocycles. The number of hydrogen-bond donors (Lipinski definition) is 2. The number of piperidine rings is 1. The van der Waals surface area contributed by atoms with Crippen LogP contribution in [0, 0.1) is 18.8 Å². The fourth-order valence-electron chi connectivity index (χ4n) is 5.94. The first kappa shape index (κ1) is 30.1. The molecule has 1 aromatic carbocycles. The van der Waals surface area contributed by atoms with Gasteiger partial charge in [0.05, 0.1) is 29.1 Å². The van der Waals surface area contributed by atoms with Gasteiger partial charge in [-0.25, -0.2) is 18.2 Å². The number of urea groups is 1. The monoisotopic (exact) mass is 585 g/mol. The van der Waals surface area contributed by atoms with E-state index < -0.39 is 34.6 Å². The molecule has 4 amide bonds. The summed E-state index contributed by atoms with van der Waals surface area (Å²) in [7, 11) is -1.27. The number of carbonyl (C=O) groups excluding carboxylic acids is 3. The average Bonchev–Trinajstić information content (AvgIpc) is 3.41. The van der Waals surface area contributed by atoms with E-state index in [9.17, 15) is 31.8 Å². The molecule has 10 nitrogen and oxygen atoms in total. The SMILES string of the molecule is Cc1cc(N2C(=O)CNC2=O)ccc1CCS(=O)N1CCC2(CC1)N=C(C1CCC(C(F)(F)F)CC1)NC2=O.O. The highest BCUT2D eigenvalue weighted by Gasteiger charge is 2.49. The number of amides is 4. The molecule has 1 aliphatic carbocycles. The number of nitrogens with zero attached hydrogens (tertiary/aromatic N) is 3. The van der Waals surface area contributed by atoms with Crippen LogP contribution >= 0.6 is 0 Å². The Morgan fingerprint density at radius 3 is 2.35 bits per heavy atom. The van der Waals surface area contributed by atoms with Crippen molar-refractivity contribution in [1.29, 1.82) is 0 Å². The number of anilines is 1. The Kier molecular flexibility index (Phi) is 8.71. The average molecular weight is 586 g/mol. The van der Waals surface area contributed by atoms with Gasteiger partial charge in [-0.3, -0.25) is 14.6 Å². The van der Waals surface area contributed by atoms with E-state index in [0.29, 0.717) is 62.5 Å². The van der Waals surface area contributed by atoms with Crippen LogP contribution in [-0.4, -0.2) is 74.8 Å². The van der Waals surface area contributed by atoms with Crippen LogP contribution in [-0.2, 0) is 27.0 Å². The third-order valence-electron chi connectivity index (χ3n) is 8.39. The summed E-state index contributed by atoms with van der Waals surface area (Å²) in [5, 5.41) is 5.35. The van der Waals surface area contributed by atoms with Gasteiger partial charge in [0.1, 0.15) is 11.4 Å². The van der Waals surface area contributed by atoms with E-state index in [1.807, 2.05) is 17.3 Å². The van der Waals surface area contributed by atoms with Crippen LogP contribution in [0.3, 0.4) is 0 Å². The standard InChI is InChI=1S/C26H32F3N5O4S.H2O/c1-16-14-20(34-21(35)15-30-24(34)37)7-4-17(16)8-13-39(38)33-11-9-25(10-12-33)23(36)31-22(32-25)18-2-5-19(6-3-18)26(27,28)29;/h4,7,14,18-19H,2-3,5-6,8-13,15H2,1H3,(H,30,37)(H,31,32,36);1H2. The van der Waals surface area contributed by atoms with Crippen LogP contribution in [0.1, 0.15) is 49.7 Å². The smallest absolute Gasteiger partial charge is 0.391 e. The maximum atomic E-state index is 13.1. The molecule has 1 spiro atoms. The summed E-state index contributed by atoms with van der Waals surface area (Å²) in [5.41, 5.74) is 1.44. The molecule has 1 saturated carbocycles. The minimum atomic E-state index is -4.18. The van der Waals surface area contributed by atoms with Crippen molar-refractivity contribution >= 4 is 40.4 Å². The lowest BCUT2D eigenvalue weighted by molar-refractivity contribution is -0.182. The molecule has 3 heterocycles. The second kappa shape index (κ2) is 11.6. The molecule has 1 unspecified atom stereocenters. The zero-order chi connectivity index (χ0) is 27.9. The molecule has 2 saturated heterocycles. The van der Waals surface area contributed by atoms with E-state index >= 15 is 0 Å². The molecular formula is C26H34F3N5O5S. The van der Waals surface area contributed by atoms with Crippen LogP contribution in [0.4, 0.5) is 23.7 Å². The fraction of sp³-hybridized carbons (Fsp3) is 0.615. The van der Waals surface area contributed by atoms with Gasteiger partial charge in [-0.15, -0.1) is 0 Å². The minimum Gasteiger partial charge on any atom is -0.412 e. The van der Waals surface area contributed by atoms with Gasteiger partial charge in [-0.1, -0.05) is 6.07 Å². The van der Waals surface area contributed by atoms with Gasteiger partial charge in [0, 0.05) is 24.8 Å². The number of carbonyl (C=O) groups is 3. The van der Waals surface area contributed by atoms with Gasteiger partial charge in [0.2, 0.25) is 0 Å². The minimum absolute atomic E-state index is 0. The Labute approximate surface area is 232 Å². The van der Waals surface area contributed by atoms with Gasteiger partial charge in [-0.2, -0.15) is 13.2 Å². The molecule has 1 atom stereocenters.